The van der Waals surface area contributed by atoms with Gasteiger partial charge >= 0.3 is 11.5 Å². The summed E-state index contributed by atoms with van der Waals surface area (Å²) in [6.07, 6.45) is 2.88. The number of hydrogen-bond acceptors (Lipinski definition) is 7. The van der Waals surface area contributed by atoms with Crippen LogP contribution in [0.15, 0.2) is 45.5 Å². The third-order valence-corrected chi connectivity index (χ3v) is 7.33. The molecule has 1 aliphatic rings. The number of benzene rings is 1. The molecule has 0 atom stereocenters. The van der Waals surface area contributed by atoms with E-state index in [2.05, 4.69) is 21.3 Å². The summed E-state index contributed by atoms with van der Waals surface area (Å²) in [7, 11) is 1.56. The van der Waals surface area contributed by atoms with Gasteiger partial charge in [-0.2, -0.15) is 5.26 Å². The van der Waals surface area contributed by atoms with Gasteiger partial charge in [0.05, 0.1) is 10.9 Å². The minimum absolute atomic E-state index is 0.0477. The lowest BCUT2D eigenvalue weighted by Crippen LogP contribution is -2.44. The minimum Gasteiger partial charge on any atom is -0.710 e. The second-order valence-corrected chi connectivity index (χ2v) is 10.1. The summed E-state index contributed by atoms with van der Waals surface area (Å²) in [6, 6.07) is 9.55. The highest BCUT2D eigenvalue weighted by Crippen LogP contribution is 2.31. The van der Waals surface area contributed by atoms with Gasteiger partial charge in [-0.25, -0.2) is 14.1 Å². The average Bonchev–Trinajstić information content (AvgIpc) is 3.04. The molecule has 1 aliphatic heterocycles. The van der Waals surface area contributed by atoms with E-state index in [1.165, 1.54) is 4.57 Å². The first-order valence-corrected chi connectivity index (χ1v) is 13.1. The number of rotatable bonds is 5. The van der Waals surface area contributed by atoms with E-state index in [9.17, 15) is 20.1 Å². The highest BCUT2D eigenvalue weighted by Gasteiger charge is 2.29. The summed E-state index contributed by atoms with van der Waals surface area (Å²) in [5, 5.41) is 27.5. The molecule has 0 unspecified atom stereocenters. The summed E-state index contributed by atoms with van der Waals surface area (Å²) in [5.74, 6) is 0.684. The Labute approximate surface area is 225 Å². The van der Waals surface area contributed by atoms with Crippen molar-refractivity contribution in [3.8, 4) is 6.07 Å². The van der Waals surface area contributed by atoms with E-state index in [-0.39, 0.29) is 17.9 Å². The van der Waals surface area contributed by atoms with Crippen molar-refractivity contribution < 1.29 is 4.73 Å². The SMILES string of the molecule is CC(C)=CCn1c(N2CCCNCC2)c(C#N)c2c1c(=O)n(Cc1nc3ccccc3c(C)[n+]1[O-])c(=O)n2C. The molecule has 4 aromatic rings. The van der Waals surface area contributed by atoms with Gasteiger partial charge in [-0.15, -0.1) is 0 Å². The molecule has 5 rings (SSSR count). The summed E-state index contributed by atoms with van der Waals surface area (Å²) in [6.45, 7) is 8.69. The van der Waals surface area contributed by atoms with Crippen LogP contribution in [0.2, 0.25) is 0 Å². The Kier molecular flexibility index (Phi) is 6.97. The number of aromatic nitrogens is 5. The number of nitrogens with zero attached hydrogens (tertiary/aromatic N) is 7. The van der Waals surface area contributed by atoms with Crippen LogP contribution >= 0.6 is 0 Å². The van der Waals surface area contributed by atoms with Crippen molar-refractivity contribution in [2.24, 2.45) is 7.05 Å². The first kappa shape index (κ1) is 26.2. The normalized spacial score (nSPS) is 14.0. The highest BCUT2D eigenvalue weighted by molar-refractivity contribution is 5.90. The van der Waals surface area contributed by atoms with Crippen LogP contribution in [-0.4, -0.2) is 44.9 Å². The zero-order chi connectivity index (χ0) is 27.8. The topological polar surface area (TPSA) is 128 Å². The van der Waals surface area contributed by atoms with Crippen LogP contribution in [0.5, 0.6) is 0 Å². The molecule has 0 amide bonds. The maximum atomic E-state index is 14.1. The van der Waals surface area contributed by atoms with Crippen molar-refractivity contribution in [1.29, 1.82) is 5.26 Å². The van der Waals surface area contributed by atoms with Gasteiger partial charge in [-0.3, -0.25) is 9.36 Å². The Hall–Kier alpha value is -4.43. The van der Waals surface area contributed by atoms with Crippen LogP contribution in [0, 0.1) is 23.5 Å². The molecular formula is C28H32N8O3. The number of para-hydroxylation sites is 1. The number of hydrogen-bond donors (Lipinski definition) is 1. The summed E-state index contributed by atoms with van der Waals surface area (Å²) in [4.78, 5) is 34.3. The van der Waals surface area contributed by atoms with Crippen LogP contribution in [0.1, 0.15) is 37.4 Å². The molecule has 1 fully saturated rings. The smallest absolute Gasteiger partial charge is 0.331 e. The van der Waals surface area contributed by atoms with E-state index in [1.54, 1.807) is 20.0 Å². The Morgan fingerprint density at radius 1 is 1.18 bits per heavy atom. The Bertz CT molecular complexity index is 1780. The van der Waals surface area contributed by atoms with Gasteiger partial charge in [0.25, 0.3) is 5.56 Å². The lowest BCUT2D eigenvalue weighted by Gasteiger charge is -2.24. The molecule has 1 saturated heterocycles. The molecule has 1 N–H and O–H groups in total. The minimum atomic E-state index is -0.611. The van der Waals surface area contributed by atoms with Gasteiger partial charge in [0.15, 0.2) is 5.52 Å². The number of aryl methyl sites for hydroxylation is 2. The zero-order valence-electron chi connectivity index (χ0n) is 22.7. The molecule has 0 spiro atoms. The van der Waals surface area contributed by atoms with Crippen molar-refractivity contribution in [1.82, 2.24) is 24.0 Å². The van der Waals surface area contributed by atoms with Gasteiger partial charge < -0.3 is 20.0 Å². The maximum absolute atomic E-state index is 14.1. The molecule has 11 heteroatoms. The predicted octanol–water partition coefficient (Wildman–Crippen LogP) is 1.68. The van der Waals surface area contributed by atoms with E-state index in [1.807, 2.05) is 42.7 Å². The Morgan fingerprint density at radius 3 is 2.69 bits per heavy atom. The first-order valence-electron chi connectivity index (χ1n) is 13.1. The Balaban J connectivity index is 1.79. The monoisotopic (exact) mass is 528 g/mol. The fraction of sp³-hybridized carbons (Fsp3) is 0.393. The van der Waals surface area contributed by atoms with Crippen molar-refractivity contribution in [3.63, 3.8) is 0 Å². The number of nitrogens with one attached hydrogen (secondary N) is 1. The standard InChI is InChI=1S/C28H32N8O3/c1-18(2)10-14-34-25-24(21(16-29)26(34)33-13-7-11-30-12-15-33)32(4)28(38)35(27(25)37)17-23-31-22-9-6-5-8-20(22)19(3)36(23)39/h5-6,8-10,30H,7,11-15,17H2,1-4H3. The van der Waals surface area contributed by atoms with Gasteiger partial charge in [-0.1, -0.05) is 23.8 Å². The van der Waals surface area contributed by atoms with Crippen LogP contribution in [0.3, 0.4) is 0 Å². The Morgan fingerprint density at radius 2 is 1.95 bits per heavy atom. The molecule has 1 aromatic carbocycles. The number of allylic oxidation sites excluding steroid dienone is 2. The average molecular weight is 529 g/mol. The molecule has 202 valence electrons. The molecule has 0 aliphatic carbocycles. The largest absolute Gasteiger partial charge is 0.710 e. The van der Waals surface area contributed by atoms with E-state index < -0.39 is 11.2 Å². The molecule has 4 heterocycles. The number of nitriles is 1. The fourth-order valence-corrected chi connectivity index (χ4v) is 5.31. The van der Waals surface area contributed by atoms with Crippen molar-refractivity contribution in [3.05, 3.63) is 79.0 Å². The number of anilines is 1. The van der Waals surface area contributed by atoms with E-state index in [0.717, 1.165) is 29.7 Å². The van der Waals surface area contributed by atoms with Crippen LogP contribution < -0.4 is 26.2 Å². The molecule has 0 bridgehead atoms. The molecule has 39 heavy (non-hydrogen) atoms. The third kappa shape index (κ3) is 4.46. The quantitative estimate of drug-likeness (QED) is 0.237. The molecule has 0 saturated carbocycles. The van der Waals surface area contributed by atoms with E-state index in [4.69, 9.17) is 0 Å². The predicted molar refractivity (Wildman–Crippen MR) is 150 cm³/mol. The highest BCUT2D eigenvalue weighted by atomic mass is 16.5. The number of fused-ring (bicyclic) bond motifs is 2. The maximum Gasteiger partial charge on any atom is 0.331 e. The molecule has 0 radical (unpaired) electrons. The van der Waals surface area contributed by atoms with Crippen LogP contribution in [-0.2, 0) is 20.1 Å². The lowest BCUT2D eigenvalue weighted by molar-refractivity contribution is -0.623. The van der Waals surface area contributed by atoms with E-state index in [0.29, 0.717) is 57.9 Å². The molecule has 3 aromatic heterocycles. The van der Waals surface area contributed by atoms with Gasteiger partial charge in [-0.05, 0) is 50.9 Å². The molecular weight excluding hydrogens is 496 g/mol. The zero-order valence-corrected chi connectivity index (χ0v) is 22.7. The van der Waals surface area contributed by atoms with Gasteiger partial charge in [0.1, 0.15) is 35.2 Å². The fourth-order valence-electron chi connectivity index (χ4n) is 5.31. The first-order chi connectivity index (χ1) is 18.7. The second kappa shape index (κ2) is 10.4. The molecule has 11 nitrogen and oxygen atoms in total. The van der Waals surface area contributed by atoms with Gasteiger partial charge in [0.2, 0.25) is 0 Å². The van der Waals surface area contributed by atoms with E-state index >= 15 is 0 Å². The third-order valence-electron chi connectivity index (χ3n) is 7.33. The summed E-state index contributed by atoms with van der Waals surface area (Å²) < 4.78 is 4.91. The van der Waals surface area contributed by atoms with Crippen LogP contribution in [0.25, 0.3) is 21.9 Å². The van der Waals surface area contributed by atoms with Crippen molar-refractivity contribution in [2.75, 3.05) is 31.1 Å². The van der Waals surface area contributed by atoms with Crippen molar-refractivity contribution in [2.45, 2.75) is 40.3 Å². The lowest BCUT2D eigenvalue weighted by atomic mass is 10.2. The van der Waals surface area contributed by atoms with Crippen LogP contribution in [0.4, 0.5) is 5.82 Å². The summed E-state index contributed by atoms with van der Waals surface area (Å²) >= 11 is 0. The van der Waals surface area contributed by atoms with Gasteiger partial charge in [0, 0.05) is 33.2 Å². The second-order valence-electron chi connectivity index (χ2n) is 10.1. The summed E-state index contributed by atoms with van der Waals surface area (Å²) in [5.41, 5.74) is 1.81. The van der Waals surface area contributed by atoms with Crippen molar-refractivity contribution >= 4 is 27.8 Å².